The lowest BCUT2D eigenvalue weighted by Crippen LogP contribution is -2.30. The minimum atomic E-state index is -0.797. The molecule has 0 aliphatic carbocycles. The molecule has 0 rings (SSSR count). The fourth-order valence-corrected chi connectivity index (χ4v) is 9.04. The first kappa shape index (κ1) is 74.8. The van der Waals surface area contributed by atoms with Crippen molar-refractivity contribution in [1.29, 1.82) is 0 Å². The molecule has 0 aromatic rings. The second-order valence-electron chi connectivity index (χ2n) is 21.6. The van der Waals surface area contributed by atoms with Gasteiger partial charge in [0.2, 0.25) is 0 Å². The van der Waals surface area contributed by atoms with Gasteiger partial charge in [0.25, 0.3) is 0 Å². The van der Waals surface area contributed by atoms with E-state index in [4.69, 9.17) is 14.2 Å². The molecular formula is C73H122O6. The highest BCUT2D eigenvalue weighted by Crippen LogP contribution is 2.16. The third-order valence-corrected chi connectivity index (χ3v) is 13.9. The monoisotopic (exact) mass is 1090 g/mol. The van der Waals surface area contributed by atoms with Crippen LogP contribution in [0.2, 0.25) is 0 Å². The van der Waals surface area contributed by atoms with Gasteiger partial charge in [0.15, 0.2) is 6.10 Å². The molecule has 0 aliphatic rings. The van der Waals surface area contributed by atoms with E-state index < -0.39 is 6.10 Å². The second kappa shape index (κ2) is 66.3. The third kappa shape index (κ3) is 64.5. The average molecular weight is 1100 g/mol. The van der Waals surface area contributed by atoms with Gasteiger partial charge in [-0.2, -0.15) is 0 Å². The van der Waals surface area contributed by atoms with Crippen LogP contribution in [-0.2, 0) is 28.6 Å². The highest BCUT2D eigenvalue weighted by Gasteiger charge is 2.19. The van der Waals surface area contributed by atoms with Crippen molar-refractivity contribution in [3.63, 3.8) is 0 Å². The van der Waals surface area contributed by atoms with Gasteiger partial charge in [-0.25, -0.2) is 0 Å². The lowest BCUT2D eigenvalue weighted by atomic mass is 10.1. The summed E-state index contributed by atoms with van der Waals surface area (Å²) in [6.07, 6.45) is 92.0. The largest absolute Gasteiger partial charge is 0.462 e. The molecule has 1 unspecified atom stereocenters. The van der Waals surface area contributed by atoms with E-state index in [1.807, 2.05) is 0 Å². The average Bonchev–Trinajstić information content (AvgIpc) is 3.45. The molecule has 0 saturated heterocycles. The number of esters is 3. The summed E-state index contributed by atoms with van der Waals surface area (Å²) in [5.74, 6) is -0.912. The Morgan fingerprint density at radius 1 is 0.266 bits per heavy atom. The predicted octanol–water partition coefficient (Wildman–Crippen LogP) is 22.8. The highest BCUT2D eigenvalue weighted by atomic mass is 16.6. The Labute approximate surface area is 488 Å². The molecule has 6 heteroatoms. The van der Waals surface area contributed by atoms with Crippen LogP contribution in [0.4, 0.5) is 0 Å². The van der Waals surface area contributed by atoms with E-state index in [-0.39, 0.29) is 31.1 Å². The van der Waals surface area contributed by atoms with Gasteiger partial charge in [0.1, 0.15) is 13.2 Å². The van der Waals surface area contributed by atoms with Crippen LogP contribution in [0.1, 0.15) is 303 Å². The molecular weight excluding hydrogens is 973 g/mol. The van der Waals surface area contributed by atoms with Crippen molar-refractivity contribution in [3.05, 3.63) is 122 Å². The molecule has 0 saturated carbocycles. The molecule has 79 heavy (non-hydrogen) atoms. The molecule has 0 amide bonds. The minimum Gasteiger partial charge on any atom is -0.462 e. The number of unbranched alkanes of at least 4 members (excludes halogenated alkanes) is 28. The molecule has 0 fully saturated rings. The van der Waals surface area contributed by atoms with Gasteiger partial charge < -0.3 is 14.2 Å². The lowest BCUT2D eigenvalue weighted by molar-refractivity contribution is -0.167. The van der Waals surface area contributed by atoms with Crippen molar-refractivity contribution in [3.8, 4) is 0 Å². The Balaban J connectivity index is 4.41. The van der Waals surface area contributed by atoms with Crippen LogP contribution in [0.25, 0.3) is 0 Å². The maximum Gasteiger partial charge on any atom is 0.306 e. The van der Waals surface area contributed by atoms with Gasteiger partial charge in [-0.1, -0.05) is 277 Å². The van der Waals surface area contributed by atoms with E-state index in [9.17, 15) is 14.4 Å². The van der Waals surface area contributed by atoms with Crippen molar-refractivity contribution in [2.24, 2.45) is 0 Å². The minimum absolute atomic E-state index is 0.0913. The molecule has 0 spiro atoms. The predicted molar refractivity (Wildman–Crippen MR) is 343 cm³/mol. The summed E-state index contributed by atoms with van der Waals surface area (Å²) in [6, 6.07) is 0. The normalized spacial score (nSPS) is 12.9. The van der Waals surface area contributed by atoms with E-state index in [1.54, 1.807) is 0 Å². The Hall–Kier alpha value is -4.19. The number of ether oxygens (including phenoxy) is 3. The van der Waals surface area contributed by atoms with Crippen molar-refractivity contribution < 1.29 is 28.6 Å². The van der Waals surface area contributed by atoms with Crippen molar-refractivity contribution in [1.82, 2.24) is 0 Å². The Kier molecular flexibility index (Phi) is 62.8. The maximum absolute atomic E-state index is 12.9. The number of hydrogen-bond donors (Lipinski definition) is 0. The zero-order valence-electron chi connectivity index (χ0n) is 51.6. The van der Waals surface area contributed by atoms with Crippen LogP contribution < -0.4 is 0 Å². The van der Waals surface area contributed by atoms with E-state index in [1.165, 1.54) is 128 Å². The zero-order valence-corrected chi connectivity index (χ0v) is 51.6. The third-order valence-electron chi connectivity index (χ3n) is 13.9. The SMILES string of the molecule is CC/C=C\C/C=C\C/C=C\C/C=C\CCCCCCCCC(=O)OC(COC(=O)CCCCCCCCC/C=C\C/C=C\C/C=C\CC)COC(=O)CCCCCCCCCCCC/C=C\C/C=C\C/C=C\CCCCCCC. The van der Waals surface area contributed by atoms with Gasteiger partial charge in [0.05, 0.1) is 0 Å². The van der Waals surface area contributed by atoms with Crippen molar-refractivity contribution >= 4 is 17.9 Å². The molecule has 0 aromatic heterocycles. The van der Waals surface area contributed by atoms with Gasteiger partial charge >= 0.3 is 17.9 Å². The van der Waals surface area contributed by atoms with Gasteiger partial charge in [-0.05, 0) is 128 Å². The summed E-state index contributed by atoms with van der Waals surface area (Å²) in [6.45, 7) is 6.40. The Bertz CT molecular complexity index is 1640. The van der Waals surface area contributed by atoms with E-state index >= 15 is 0 Å². The first-order chi connectivity index (χ1) is 39.0. The van der Waals surface area contributed by atoms with Crippen LogP contribution in [0.3, 0.4) is 0 Å². The molecule has 6 nitrogen and oxygen atoms in total. The number of carbonyl (C=O) groups excluding carboxylic acids is 3. The van der Waals surface area contributed by atoms with Gasteiger partial charge in [0, 0.05) is 19.3 Å². The smallest absolute Gasteiger partial charge is 0.306 e. The summed E-state index contributed by atoms with van der Waals surface area (Å²) in [7, 11) is 0. The molecule has 0 bridgehead atoms. The summed E-state index contributed by atoms with van der Waals surface area (Å²) in [5.41, 5.74) is 0. The van der Waals surface area contributed by atoms with Gasteiger partial charge in [-0.3, -0.25) is 14.4 Å². The van der Waals surface area contributed by atoms with E-state index in [2.05, 4.69) is 142 Å². The summed E-state index contributed by atoms with van der Waals surface area (Å²) < 4.78 is 16.9. The number of allylic oxidation sites excluding steroid dienone is 20. The Morgan fingerprint density at radius 3 is 0.772 bits per heavy atom. The van der Waals surface area contributed by atoms with Crippen LogP contribution >= 0.6 is 0 Å². The molecule has 1 atom stereocenters. The van der Waals surface area contributed by atoms with Crippen molar-refractivity contribution in [2.75, 3.05) is 13.2 Å². The quantitative estimate of drug-likeness (QED) is 0.0261. The Morgan fingerprint density at radius 2 is 0.494 bits per heavy atom. The molecule has 0 aliphatic heterocycles. The van der Waals surface area contributed by atoms with E-state index in [0.717, 1.165) is 135 Å². The van der Waals surface area contributed by atoms with Crippen LogP contribution in [0.15, 0.2) is 122 Å². The first-order valence-corrected chi connectivity index (χ1v) is 33.0. The molecule has 0 aromatic carbocycles. The molecule has 0 N–H and O–H groups in total. The van der Waals surface area contributed by atoms with Crippen LogP contribution in [-0.4, -0.2) is 37.2 Å². The molecule has 0 heterocycles. The standard InChI is InChI=1S/C73H122O6/c1-4-7-10-13-16-19-22-25-28-31-33-34-35-36-37-38-40-42-45-48-51-54-57-60-63-66-72(75)78-69-70(68-77-71(74)65-62-59-56-53-50-47-44-41-30-27-24-21-18-15-12-9-6-3)79-73(76)67-64-61-58-55-52-49-46-43-39-32-29-26-23-20-17-14-11-8-5-2/h8-9,11-12,17-18,20-22,25-27,29-31,33,35-36,39,43,70H,4-7,10,13-16,19,23-24,28,32,34,37-38,40-42,44-69H2,1-3H3/b11-8-,12-9-,20-17-,21-18-,25-22-,29-26-,30-27-,33-31-,36-35-,43-39-. The second-order valence-corrected chi connectivity index (χ2v) is 21.6. The van der Waals surface area contributed by atoms with Crippen molar-refractivity contribution in [2.45, 2.75) is 309 Å². The number of carbonyl (C=O) groups is 3. The maximum atomic E-state index is 12.9. The topological polar surface area (TPSA) is 78.9 Å². The summed E-state index contributed by atoms with van der Waals surface area (Å²) in [5, 5.41) is 0. The van der Waals surface area contributed by atoms with E-state index in [0.29, 0.717) is 19.3 Å². The first-order valence-electron chi connectivity index (χ1n) is 33.0. The van der Waals surface area contributed by atoms with Gasteiger partial charge in [-0.15, -0.1) is 0 Å². The summed E-state index contributed by atoms with van der Waals surface area (Å²) >= 11 is 0. The van der Waals surface area contributed by atoms with Crippen LogP contribution in [0.5, 0.6) is 0 Å². The highest BCUT2D eigenvalue weighted by molar-refractivity contribution is 5.71. The fraction of sp³-hybridized carbons (Fsp3) is 0.685. The molecule has 450 valence electrons. The lowest BCUT2D eigenvalue weighted by Gasteiger charge is -2.18. The zero-order chi connectivity index (χ0) is 57.1. The fourth-order valence-electron chi connectivity index (χ4n) is 9.04. The summed E-state index contributed by atoms with van der Waals surface area (Å²) in [4.78, 5) is 38.4. The number of hydrogen-bond acceptors (Lipinski definition) is 6. The van der Waals surface area contributed by atoms with Crippen LogP contribution in [0, 0.1) is 0 Å². The number of rotatable bonds is 59. The molecule has 0 radical (unpaired) electrons.